The van der Waals surface area contributed by atoms with Crippen LogP contribution in [0.5, 0.6) is 0 Å². The Morgan fingerprint density at radius 2 is 2.06 bits per heavy atom. The zero-order chi connectivity index (χ0) is 12.0. The second kappa shape index (κ2) is 7.01. The molecule has 0 saturated heterocycles. The molecule has 1 aromatic rings. The molecule has 4 heteroatoms. The van der Waals surface area contributed by atoms with Crippen molar-refractivity contribution in [1.82, 2.24) is 9.80 Å². The van der Waals surface area contributed by atoms with Crippen molar-refractivity contribution in [3.05, 3.63) is 22.4 Å². The molecule has 1 atom stereocenters. The summed E-state index contributed by atoms with van der Waals surface area (Å²) in [6.45, 7) is 3.18. The summed E-state index contributed by atoms with van der Waals surface area (Å²) in [5, 5.41) is 2.08. The maximum Gasteiger partial charge on any atom is 0.0518 e. The lowest BCUT2D eigenvalue weighted by Crippen LogP contribution is -2.30. The van der Waals surface area contributed by atoms with Crippen molar-refractivity contribution < 1.29 is 0 Å². The molecule has 0 amide bonds. The standard InChI is InChI=1S/C12H23N3S/c1-14(2)7-5-8-15(3)10-11(13)12-6-4-9-16-12/h4,6,9,11H,5,7-8,10,13H2,1-3H3. The van der Waals surface area contributed by atoms with E-state index in [0.717, 1.165) is 19.6 Å². The van der Waals surface area contributed by atoms with Crippen LogP contribution >= 0.6 is 11.3 Å². The van der Waals surface area contributed by atoms with Crippen molar-refractivity contribution in [1.29, 1.82) is 0 Å². The fourth-order valence-corrected chi connectivity index (χ4v) is 2.40. The number of nitrogens with zero attached hydrogens (tertiary/aromatic N) is 2. The van der Waals surface area contributed by atoms with E-state index in [4.69, 9.17) is 5.73 Å². The van der Waals surface area contributed by atoms with Crippen molar-refractivity contribution in [3.63, 3.8) is 0 Å². The zero-order valence-electron chi connectivity index (χ0n) is 10.5. The topological polar surface area (TPSA) is 32.5 Å². The maximum absolute atomic E-state index is 6.13. The predicted molar refractivity (Wildman–Crippen MR) is 71.9 cm³/mol. The van der Waals surface area contributed by atoms with Crippen LogP contribution in [0.2, 0.25) is 0 Å². The Morgan fingerprint density at radius 3 is 2.62 bits per heavy atom. The zero-order valence-corrected chi connectivity index (χ0v) is 11.3. The Kier molecular flexibility index (Phi) is 5.98. The molecule has 0 saturated carbocycles. The summed E-state index contributed by atoms with van der Waals surface area (Å²) in [6.07, 6.45) is 1.20. The van der Waals surface area contributed by atoms with Crippen LogP contribution in [0.15, 0.2) is 17.5 Å². The van der Waals surface area contributed by atoms with Crippen molar-refractivity contribution in [2.75, 3.05) is 40.8 Å². The number of nitrogens with two attached hydrogens (primary N) is 1. The minimum Gasteiger partial charge on any atom is -0.322 e. The molecule has 16 heavy (non-hydrogen) atoms. The van der Waals surface area contributed by atoms with E-state index in [9.17, 15) is 0 Å². The molecule has 1 unspecified atom stereocenters. The van der Waals surface area contributed by atoms with Gasteiger partial charge < -0.3 is 15.5 Å². The van der Waals surface area contributed by atoms with Crippen molar-refractivity contribution >= 4 is 11.3 Å². The Bertz CT molecular complexity index is 272. The second-order valence-electron chi connectivity index (χ2n) is 4.54. The Balaban J connectivity index is 2.21. The summed E-state index contributed by atoms with van der Waals surface area (Å²) >= 11 is 1.74. The summed E-state index contributed by atoms with van der Waals surface area (Å²) in [6, 6.07) is 4.33. The molecule has 1 aromatic heterocycles. The van der Waals surface area contributed by atoms with Gasteiger partial charge in [-0.25, -0.2) is 0 Å². The van der Waals surface area contributed by atoms with Gasteiger partial charge in [-0.2, -0.15) is 0 Å². The van der Waals surface area contributed by atoms with Gasteiger partial charge in [0.1, 0.15) is 0 Å². The average Bonchev–Trinajstić information content (AvgIpc) is 2.69. The molecule has 1 heterocycles. The summed E-state index contributed by atoms with van der Waals surface area (Å²) in [7, 11) is 6.36. The molecular weight excluding hydrogens is 218 g/mol. The van der Waals surface area contributed by atoms with E-state index in [-0.39, 0.29) is 6.04 Å². The third-order valence-corrected chi connectivity index (χ3v) is 3.57. The molecule has 0 fully saturated rings. The number of thiophene rings is 1. The first-order chi connectivity index (χ1) is 7.59. The van der Waals surface area contributed by atoms with Gasteiger partial charge in [-0.05, 0) is 52.1 Å². The third-order valence-electron chi connectivity index (χ3n) is 2.56. The molecule has 0 bridgehead atoms. The van der Waals surface area contributed by atoms with Gasteiger partial charge in [0.15, 0.2) is 0 Å². The summed E-state index contributed by atoms with van der Waals surface area (Å²) < 4.78 is 0. The van der Waals surface area contributed by atoms with Gasteiger partial charge in [0.2, 0.25) is 0 Å². The van der Waals surface area contributed by atoms with E-state index in [1.165, 1.54) is 11.3 Å². The van der Waals surface area contributed by atoms with Gasteiger partial charge in [0, 0.05) is 11.4 Å². The molecule has 3 nitrogen and oxygen atoms in total. The SMILES string of the molecule is CN(C)CCCN(C)CC(N)c1cccs1. The van der Waals surface area contributed by atoms with E-state index in [2.05, 4.69) is 48.5 Å². The first-order valence-electron chi connectivity index (χ1n) is 5.72. The van der Waals surface area contributed by atoms with Crippen LogP contribution in [0.3, 0.4) is 0 Å². The molecule has 92 valence electrons. The van der Waals surface area contributed by atoms with Crippen molar-refractivity contribution in [3.8, 4) is 0 Å². The molecule has 0 aliphatic rings. The maximum atomic E-state index is 6.13. The van der Waals surface area contributed by atoms with Gasteiger partial charge in [-0.1, -0.05) is 6.07 Å². The van der Waals surface area contributed by atoms with Crippen molar-refractivity contribution in [2.45, 2.75) is 12.5 Å². The normalized spacial score (nSPS) is 13.6. The number of hydrogen-bond donors (Lipinski definition) is 1. The minimum absolute atomic E-state index is 0.157. The number of likely N-dealkylation sites (N-methyl/N-ethyl adjacent to an activating group) is 1. The van der Waals surface area contributed by atoms with Crippen LogP contribution in [-0.4, -0.2) is 50.6 Å². The monoisotopic (exact) mass is 241 g/mol. The van der Waals surface area contributed by atoms with Gasteiger partial charge in [-0.15, -0.1) is 11.3 Å². The summed E-state index contributed by atoms with van der Waals surface area (Å²) in [5.74, 6) is 0. The van der Waals surface area contributed by atoms with E-state index >= 15 is 0 Å². The molecule has 0 aliphatic heterocycles. The van der Waals surface area contributed by atoms with Crippen LogP contribution in [0, 0.1) is 0 Å². The van der Waals surface area contributed by atoms with Crippen LogP contribution < -0.4 is 5.73 Å². The van der Waals surface area contributed by atoms with E-state index < -0.39 is 0 Å². The fourth-order valence-electron chi connectivity index (χ4n) is 1.68. The molecule has 2 N–H and O–H groups in total. The smallest absolute Gasteiger partial charge is 0.0518 e. The fraction of sp³-hybridized carbons (Fsp3) is 0.667. The summed E-state index contributed by atoms with van der Waals surface area (Å²) in [5.41, 5.74) is 6.13. The number of rotatable bonds is 7. The molecule has 1 rings (SSSR count). The largest absolute Gasteiger partial charge is 0.322 e. The molecule has 0 spiro atoms. The van der Waals surface area contributed by atoms with E-state index in [1.807, 2.05) is 0 Å². The van der Waals surface area contributed by atoms with Crippen molar-refractivity contribution in [2.24, 2.45) is 5.73 Å². The van der Waals surface area contributed by atoms with Gasteiger partial charge >= 0.3 is 0 Å². The van der Waals surface area contributed by atoms with Crippen LogP contribution in [0.4, 0.5) is 0 Å². The third kappa shape index (κ3) is 5.07. The van der Waals surface area contributed by atoms with Crippen LogP contribution in [0.1, 0.15) is 17.3 Å². The van der Waals surface area contributed by atoms with Gasteiger partial charge in [0.05, 0.1) is 6.04 Å². The molecular formula is C12H23N3S. The highest BCUT2D eigenvalue weighted by Crippen LogP contribution is 2.17. The lowest BCUT2D eigenvalue weighted by Gasteiger charge is -2.21. The Hall–Kier alpha value is -0.420. The summed E-state index contributed by atoms with van der Waals surface area (Å²) in [4.78, 5) is 5.81. The van der Waals surface area contributed by atoms with Crippen LogP contribution in [0.25, 0.3) is 0 Å². The number of hydrogen-bond acceptors (Lipinski definition) is 4. The first kappa shape index (κ1) is 13.6. The van der Waals surface area contributed by atoms with Gasteiger partial charge in [0.25, 0.3) is 0 Å². The molecule has 0 aliphatic carbocycles. The highest BCUT2D eigenvalue weighted by molar-refractivity contribution is 7.10. The Labute approximate surface area is 103 Å². The molecule has 0 radical (unpaired) electrons. The quantitative estimate of drug-likeness (QED) is 0.787. The minimum atomic E-state index is 0.157. The van der Waals surface area contributed by atoms with E-state index in [1.54, 1.807) is 11.3 Å². The average molecular weight is 241 g/mol. The molecule has 0 aromatic carbocycles. The highest BCUT2D eigenvalue weighted by atomic mass is 32.1. The highest BCUT2D eigenvalue weighted by Gasteiger charge is 2.09. The lowest BCUT2D eigenvalue weighted by molar-refractivity contribution is 0.287. The van der Waals surface area contributed by atoms with Gasteiger partial charge in [-0.3, -0.25) is 0 Å². The first-order valence-corrected chi connectivity index (χ1v) is 6.60. The van der Waals surface area contributed by atoms with E-state index in [0.29, 0.717) is 0 Å². The Morgan fingerprint density at radius 1 is 1.31 bits per heavy atom. The predicted octanol–water partition coefficient (Wildman–Crippen LogP) is 1.63. The lowest BCUT2D eigenvalue weighted by atomic mass is 10.2. The second-order valence-corrected chi connectivity index (χ2v) is 5.52. The van der Waals surface area contributed by atoms with Crippen LogP contribution in [-0.2, 0) is 0 Å².